The van der Waals surface area contributed by atoms with E-state index in [0.29, 0.717) is 19.1 Å². The number of rotatable bonds is 19. The van der Waals surface area contributed by atoms with Crippen molar-refractivity contribution >= 4 is 11.9 Å². The summed E-state index contributed by atoms with van der Waals surface area (Å²) in [6.45, 7) is 3.11. The lowest BCUT2D eigenvalue weighted by molar-refractivity contribution is -0.141. The fourth-order valence-electron chi connectivity index (χ4n) is 3.91. The number of hydrogen-bond acceptors (Lipinski definition) is 4. The van der Waals surface area contributed by atoms with Gasteiger partial charge in [-0.3, -0.25) is 0 Å². The number of esters is 2. The predicted octanol–water partition coefficient (Wildman–Crippen LogP) is 7.47. The molecule has 0 bridgehead atoms. The highest BCUT2D eigenvalue weighted by Gasteiger charge is 2.11. The third kappa shape index (κ3) is 17.8. The van der Waals surface area contributed by atoms with Gasteiger partial charge < -0.3 is 9.47 Å². The van der Waals surface area contributed by atoms with Crippen molar-refractivity contribution in [3.63, 3.8) is 0 Å². The van der Waals surface area contributed by atoms with Crippen LogP contribution < -0.4 is 0 Å². The van der Waals surface area contributed by atoms with E-state index in [9.17, 15) is 9.59 Å². The molecular formula is C27H46O4. The Balaban J connectivity index is 1.84. The molecule has 0 radical (unpaired) electrons. The van der Waals surface area contributed by atoms with Crippen molar-refractivity contribution in [3.05, 3.63) is 24.3 Å². The van der Waals surface area contributed by atoms with Gasteiger partial charge in [0.05, 0.1) is 13.2 Å². The molecule has 0 spiro atoms. The fraction of sp³-hybridized carbons (Fsp3) is 0.778. The second-order valence-electron chi connectivity index (χ2n) is 8.88. The summed E-state index contributed by atoms with van der Waals surface area (Å²) < 4.78 is 10.3. The zero-order valence-corrected chi connectivity index (χ0v) is 20.0. The number of allylic oxidation sites excluding steroid dienone is 2. The Hall–Kier alpha value is -1.58. The summed E-state index contributed by atoms with van der Waals surface area (Å²) in [5.74, 6) is -0.537. The van der Waals surface area contributed by atoms with Crippen LogP contribution in [0, 0.1) is 5.92 Å². The maximum absolute atomic E-state index is 11.7. The normalized spacial score (nSPS) is 16.0. The average molecular weight is 435 g/mol. The molecule has 1 aliphatic rings. The molecule has 0 aromatic rings. The van der Waals surface area contributed by atoms with Crippen LogP contribution in [-0.2, 0) is 19.1 Å². The minimum absolute atomic E-state index is 0.398. The first kappa shape index (κ1) is 27.5. The number of unbranched alkanes of at least 4 members (excludes halogenated alkanes) is 13. The first-order valence-corrected chi connectivity index (χ1v) is 12.9. The molecular weight excluding hydrogens is 388 g/mol. The van der Waals surface area contributed by atoms with E-state index >= 15 is 0 Å². The fourth-order valence-corrected chi connectivity index (χ4v) is 3.91. The third-order valence-corrected chi connectivity index (χ3v) is 5.94. The molecule has 0 saturated carbocycles. The molecule has 0 amide bonds. The summed E-state index contributed by atoms with van der Waals surface area (Å²) >= 11 is 0. The molecule has 0 aliphatic heterocycles. The van der Waals surface area contributed by atoms with Gasteiger partial charge in [-0.1, -0.05) is 103 Å². The van der Waals surface area contributed by atoms with E-state index < -0.39 is 11.9 Å². The zero-order chi connectivity index (χ0) is 22.4. The van der Waals surface area contributed by atoms with Crippen LogP contribution in [0.15, 0.2) is 24.3 Å². The van der Waals surface area contributed by atoms with Crippen molar-refractivity contribution in [1.82, 2.24) is 0 Å². The molecule has 0 fully saturated rings. The molecule has 1 unspecified atom stereocenters. The van der Waals surface area contributed by atoms with Gasteiger partial charge >= 0.3 is 11.9 Å². The molecule has 0 aromatic heterocycles. The molecule has 4 heteroatoms. The van der Waals surface area contributed by atoms with Gasteiger partial charge in [0, 0.05) is 12.2 Å². The van der Waals surface area contributed by atoms with Crippen molar-refractivity contribution in [2.45, 2.75) is 116 Å². The Morgan fingerprint density at radius 2 is 1.26 bits per heavy atom. The highest BCUT2D eigenvalue weighted by molar-refractivity contribution is 5.91. The number of hydrogen-bond donors (Lipinski definition) is 0. The van der Waals surface area contributed by atoms with E-state index in [4.69, 9.17) is 9.47 Å². The van der Waals surface area contributed by atoms with Crippen molar-refractivity contribution in [1.29, 1.82) is 0 Å². The van der Waals surface area contributed by atoms with Crippen molar-refractivity contribution in [2.75, 3.05) is 13.2 Å². The molecule has 0 N–H and O–H groups in total. The van der Waals surface area contributed by atoms with Crippen LogP contribution in [0.25, 0.3) is 0 Å². The first-order valence-electron chi connectivity index (χ1n) is 12.9. The Kier molecular flexibility index (Phi) is 18.0. The van der Waals surface area contributed by atoms with Crippen LogP contribution in [0.1, 0.15) is 116 Å². The highest BCUT2D eigenvalue weighted by Crippen LogP contribution is 2.18. The van der Waals surface area contributed by atoms with Gasteiger partial charge in [-0.15, -0.1) is 0 Å². The summed E-state index contributed by atoms with van der Waals surface area (Å²) in [6.07, 6.45) is 27.9. The summed E-state index contributed by atoms with van der Waals surface area (Å²) in [5, 5.41) is 0. The summed E-state index contributed by atoms with van der Waals surface area (Å²) in [4.78, 5) is 23.3. The maximum Gasteiger partial charge on any atom is 0.331 e. The predicted molar refractivity (Wildman–Crippen MR) is 128 cm³/mol. The van der Waals surface area contributed by atoms with Crippen LogP contribution in [-0.4, -0.2) is 25.2 Å². The van der Waals surface area contributed by atoms with Crippen LogP contribution in [0.5, 0.6) is 0 Å². The van der Waals surface area contributed by atoms with Gasteiger partial charge in [0.2, 0.25) is 0 Å². The molecule has 178 valence electrons. The lowest BCUT2D eigenvalue weighted by Crippen LogP contribution is -2.14. The average Bonchev–Trinajstić information content (AvgIpc) is 2.79. The van der Waals surface area contributed by atoms with Crippen LogP contribution in [0.2, 0.25) is 0 Å². The lowest BCUT2D eigenvalue weighted by Gasteiger charge is -2.16. The second kappa shape index (κ2) is 20.3. The Morgan fingerprint density at radius 3 is 1.77 bits per heavy atom. The van der Waals surface area contributed by atoms with E-state index in [0.717, 1.165) is 32.1 Å². The van der Waals surface area contributed by atoms with E-state index in [1.807, 2.05) is 0 Å². The molecule has 0 aromatic carbocycles. The smallest absolute Gasteiger partial charge is 0.331 e. The third-order valence-electron chi connectivity index (χ3n) is 5.94. The highest BCUT2D eigenvalue weighted by atomic mass is 16.5. The Bertz CT molecular complexity index is 509. The van der Waals surface area contributed by atoms with E-state index in [2.05, 4.69) is 19.1 Å². The quantitative estimate of drug-likeness (QED) is 0.0915. The topological polar surface area (TPSA) is 52.6 Å². The molecule has 0 heterocycles. The Morgan fingerprint density at radius 1 is 0.742 bits per heavy atom. The molecule has 1 rings (SSSR count). The molecule has 31 heavy (non-hydrogen) atoms. The van der Waals surface area contributed by atoms with Gasteiger partial charge in [-0.05, 0) is 31.6 Å². The van der Waals surface area contributed by atoms with Gasteiger partial charge in [0.25, 0.3) is 0 Å². The monoisotopic (exact) mass is 434 g/mol. The maximum atomic E-state index is 11.7. The summed E-state index contributed by atoms with van der Waals surface area (Å²) in [6, 6.07) is 0. The van der Waals surface area contributed by atoms with Crippen LogP contribution >= 0.6 is 0 Å². The number of carbonyl (C=O) groups is 2. The minimum atomic E-state index is -0.469. The van der Waals surface area contributed by atoms with Crippen LogP contribution in [0.3, 0.4) is 0 Å². The van der Waals surface area contributed by atoms with Crippen molar-refractivity contribution in [3.8, 4) is 0 Å². The molecule has 1 aliphatic carbocycles. The van der Waals surface area contributed by atoms with Gasteiger partial charge in [-0.2, -0.15) is 0 Å². The molecule has 1 atom stereocenters. The standard InChI is InChI=1S/C27H46O4/c1-2-3-4-5-6-7-8-9-10-11-12-13-14-18-23-30-26(28)21-22-27(29)31-24-25-19-16-15-17-20-25/h15-16,21-22,25H,2-14,17-20,23-24H2,1H3/b22-21+. The van der Waals surface area contributed by atoms with Gasteiger partial charge in [0.15, 0.2) is 0 Å². The van der Waals surface area contributed by atoms with E-state index in [-0.39, 0.29) is 0 Å². The molecule has 0 saturated heterocycles. The van der Waals surface area contributed by atoms with Crippen molar-refractivity contribution < 1.29 is 19.1 Å². The largest absolute Gasteiger partial charge is 0.463 e. The first-order chi connectivity index (χ1) is 15.2. The Labute approximate surface area is 190 Å². The summed E-state index contributed by atoms with van der Waals surface area (Å²) in [5.41, 5.74) is 0. The van der Waals surface area contributed by atoms with E-state index in [1.165, 1.54) is 89.2 Å². The summed E-state index contributed by atoms with van der Waals surface area (Å²) in [7, 11) is 0. The number of ether oxygens (including phenoxy) is 2. The van der Waals surface area contributed by atoms with Gasteiger partial charge in [-0.25, -0.2) is 9.59 Å². The lowest BCUT2D eigenvalue weighted by atomic mass is 9.95. The van der Waals surface area contributed by atoms with Gasteiger partial charge in [0.1, 0.15) is 0 Å². The van der Waals surface area contributed by atoms with Crippen LogP contribution in [0.4, 0.5) is 0 Å². The SMILES string of the molecule is CCCCCCCCCCCCCCCCOC(=O)/C=C/C(=O)OCC1CC=CCC1. The molecule has 4 nitrogen and oxygen atoms in total. The number of carbonyl (C=O) groups excluding carboxylic acids is 2. The zero-order valence-electron chi connectivity index (χ0n) is 20.0. The van der Waals surface area contributed by atoms with Crippen molar-refractivity contribution in [2.24, 2.45) is 5.92 Å². The van der Waals surface area contributed by atoms with E-state index in [1.54, 1.807) is 0 Å². The second-order valence-corrected chi connectivity index (χ2v) is 8.88. The minimum Gasteiger partial charge on any atom is -0.463 e.